The summed E-state index contributed by atoms with van der Waals surface area (Å²) in [5.41, 5.74) is 3.30. The van der Waals surface area contributed by atoms with E-state index in [1.54, 1.807) is 54.6 Å². The fraction of sp³-hybridized carbons (Fsp3) is 0.0556. The van der Waals surface area contributed by atoms with E-state index < -0.39 is 11.8 Å². The monoisotopic (exact) mass is 321 g/mol. The highest BCUT2D eigenvalue weighted by molar-refractivity contribution is 6.39. The lowest BCUT2D eigenvalue weighted by atomic mass is 10.2. The van der Waals surface area contributed by atoms with E-state index in [1.165, 1.54) is 6.21 Å². The summed E-state index contributed by atoms with van der Waals surface area (Å²) in [5, 5.41) is 6.21. The number of hydrogen-bond donors (Lipinski definition) is 2. The van der Waals surface area contributed by atoms with Gasteiger partial charge in [-0.05, 0) is 24.3 Å². The van der Waals surface area contributed by atoms with Gasteiger partial charge in [0.1, 0.15) is 12.4 Å². The number of nitrogens with zero attached hydrogens (tertiary/aromatic N) is 1. The summed E-state index contributed by atoms with van der Waals surface area (Å²) in [7, 11) is 0. The first kappa shape index (κ1) is 16.8. The smallest absolute Gasteiger partial charge is 0.329 e. The minimum atomic E-state index is -0.878. The first-order valence-electron chi connectivity index (χ1n) is 7.05. The predicted octanol–water partition coefficient (Wildman–Crippen LogP) is 1.79. The van der Waals surface area contributed by atoms with Crippen LogP contribution in [0.2, 0.25) is 0 Å². The Morgan fingerprint density at radius 3 is 2.54 bits per heavy atom. The fourth-order valence-corrected chi connectivity index (χ4v) is 1.76. The number of para-hydroxylation sites is 2. The van der Waals surface area contributed by atoms with Gasteiger partial charge >= 0.3 is 11.8 Å². The molecule has 0 aromatic heterocycles. The molecule has 6 nitrogen and oxygen atoms in total. The summed E-state index contributed by atoms with van der Waals surface area (Å²) in [6.07, 6.45) is 6.53. The van der Waals surface area contributed by atoms with E-state index in [2.05, 4.69) is 21.8 Å². The molecule has 2 aromatic carbocycles. The third-order valence-electron chi connectivity index (χ3n) is 2.84. The summed E-state index contributed by atoms with van der Waals surface area (Å²) in [6, 6.07) is 15.7. The Morgan fingerprint density at radius 2 is 1.79 bits per heavy atom. The van der Waals surface area contributed by atoms with E-state index in [4.69, 9.17) is 11.2 Å². The Morgan fingerprint density at radius 1 is 1.08 bits per heavy atom. The SMILES string of the molecule is C#CCOc1ccccc1/C=N\NC(=O)C(=O)Nc1ccccc1. The molecule has 0 saturated carbocycles. The van der Waals surface area contributed by atoms with Crippen LogP contribution in [0.4, 0.5) is 5.69 Å². The normalized spacial score (nSPS) is 9.96. The lowest BCUT2D eigenvalue weighted by Gasteiger charge is -2.05. The summed E-state index contributed by atoms with van der Waals surface area (Å²) in [6.45, 7) is 0.122. The van der Waals surface area contributed by atoms with Crippen molar-refractivity contribution in [3.63, 3.8) is 0 Å². The number of carbonyl (C=O) groups excluding carboxylic acids is 2. The summed E-state index contributed by atoms with van der Waals surface area (Å²) in [4.78, 5) is 23.4. The van der Waals surface area contributed by atoms with Crippen molar-refractivity contribution in [3.05, 3.63) is 60.2 Å². The molecular weight excluding hydrogens is 306 g/mol. The largest absolute Gasteiger partial charge is 0.480 e. The minimum absolute atomic E-state index is 0.122. The average molecular weight is 321 g/mol. The molecule has 0 radical (unpaired) electrons. The Bertz CT molecular complexity index is 780. The number of nitrogens with one attached hydrogen (secondary N) is 2. The molecule has 0 spiro atoms. The van der Waals surface area contributed by atoms with Crippen LogP contribution in [0.3, 0.4) is 0 Å². The van der Waals surface area contributed by atoms with E-state index in [-0.39, 0.29) is 6.61 Å². The van der Waals surface area contributed by atoms with Crippen LogP contribution in [0, 0.1) is 12.3 Å². The molecule has 0 heterocycles. The van der Waals surface area contributed by atoms with Crippen molar-refractivity contribution in [2.75, 3.05) is 11.9 Å². The molecule has 24 heavy (non-hydrogen) atoms. The number of terminal acetylenes is 1. The molecule has 0 unspecified atom stereocenters. The van der Waals surface area contributed by atoms with Gasteiger partial charge in [-0.25, -0.2) is 5.43 Å². The maximum absolute atomic E-state index is 11.7. The quantitative estimate of drug-likeness (QED) is 0.381. The second-order valence-corrected chi connectivity index (χ2v) is 4.55. The van der Waals surface area contributed by atoms with Gasteiger partial charge in [-0.3, -0.25) is 9.59 Å². The second kappa shape index (κ2) is 8.76. The fourth-order valence-electron chi connectivity index (χ4n) is 1.76. The predicted molar refractivity (Wildman–Crippen MR) is 91.6 cm³/mol. The lowest BCUT2D eigenvalue weighted by molar-refractivity contribution is -0.136. The van der Waals surface area contributed by atoms with Gasteiger partial charge in [0.2, 0.25) is 0 Å². The van der Waals surface area contributed by atoms with Gasteiger partial charge in [0, 0.05) is 11.3 Å². The maximum Gasteiger partial charge on any atom is 0.329 e. The Balaban J connectivity index is 1.93. The van der Waals surface area contributed by atoms with Gasteiger partial charge in [0.25, 0.3) is 0 Å². The zero-order valence-electron chi connectivity index (χ0n) is 12.7. The Kier molecular flexibility index (Phi) is 6.12. The Labute approximate surface area is 139 Å². The van der Waals surface area contributed by atoms with E-state index in [1.807, 2.05) is 0 Å². The molecule has 0 aliphatic heterocycles. The number of anilines is 1. The highest BCUT2D eigenvalue weighted by Crippen LogP contribution is 2.15. The summed E-state index contributed by atoms with van der Waals surface area (Å²) in [5.74, 6) is 1.21. The molecule has 0 saturated heterocycles. The van der Waals surface area contributed by atoms with Gasteiger partial charge in [0.15, 0.2) is 0 Å². The van der Waals surface area contributed by atoms with Crippen LogP contribution >= 0.6 is 0 Å². The zero-order chi connectivity index (χ0) is 17.2. The molecule has 0 bridgehead atoms. The van der Waals surface area contributed by atoms with E-state index in [0.29, 0.717) is 17.0 Å². The van der Waals surface area contributed by atoms with Gasteiger partial charge in [-0.2, -0.15) is 5.10 Å². The van der Waals surface area contributed by atoms with Crippen molar-refractivity contribution in [2.45, 2.75) is 0 Å². The van der Waals surface area contributed by atoms with Gasteiger partial charge in [0.05, 0.1) is 6.21 Å². The molecule has 0 aliphatic rings. The molecule has 0 fully saturated rings. The first-order chi connectivity index (χ1) is 11.7. The summed E-state index contributed by atoms with van der Waals surface area (Å²) >= 11 is 0. The van der Waals surface area contributed by atoms with E-state index in [9.17, 15) is 9.59 Å². The topological polar surface area (TPSA) is 79.8 Å². The van der Waals surface area contributed by atoms with Crippen molar-refractivity contribution in [1.29, 1.82) is 0 Å². The molecule has 120 valence electrons. The number of ether oxygens (including phenoxy) is 1. The van der Waals surface area contributed by atoms with Crippen LogP contribution < -0.4 is 15.5 Å². The molecule has 0 aliphatic carbocycles. The first-order valence-corrected chi connectivity index (χ1v) is 7.05. The maximum atomic E-state index is 11.7. The van der Waals surface area contributed by atoms with Crippen molar-refractivity contribution < 1.29 is 14.3 Å². The number of hydrogen-bond acceptors (Lipinski definition) is 4. The number of rotatable bonds is 5. The molecule has 2 aromatic rings. The van der Waals surface area contributed by atoms with Crippen LogP contribution in [0.1, 0.15) is 5.56 Å². The third-order valence-corrected chi connectivity index (χ3v) is 2.84. The molecule has 2 N–H and O–H groups in total. The van der Waals surface area contributed by atoms with Crippen LogP contribution in [-0.4, -0.2) is 24.6 Å². The van der Waals surface area contributed by atoms with Crippen LogP contribution in [0.5, 0.6) is 5.75 Å². The van der Waals surface area contributed by atoms with Crippen molar-refractivity contribution in [3.8, 4) is 18.1 Å². The average Bonchev–Trinajstić information content (AvgIpc) is 2.61. The van der Waals surface area contributed by atoms with E-state index >= 15 is 0 Å². The lowest BCUT2D eigenvalue weighted by Crippen LogP contribution is -2.32. The van der Waals surface area contributed by atoms with Crippen LogP contribution in [0.15, 0.2) is 59.7 Å². The number of amides is 2. The molecular formula is C18H15N3O3. The zero-order valence-corrected chi connectivity index (χ0v) is 12.7. The third kappa shape index (κ3) is 5.00. The Hall–Kier alpha value is -3.59. The molecule has 2 amide bonds. The molecule has 2 rings (SSSR count). The van der Waals surface area contributed by atoms with Crippen molar-refractivity contribution >= 4 is 23.7 Å². The van der Waals surface area contributed by atoms with Gasteiger partial charge < -0.3 is 10.1 Å². The minimum Gasteiger partial charge on any atom is -0.480 e. The summed E-state index contributed by atoms with van der Waals surface area (Å²) < 4.78 is 5.35. The van der Waals surface area contributed by atoms with E-state index in [0.717, 1.165) is 0 Å². The highest BCUT2D eigenvalue weighted by Gasteiger charge is 2.12. The van der Waals surface area contributed by atoms with Crippen molar-refractivity contribution in [1.82, 2.24) is 5.43 Å². The standard InChI is InChI=1S/C18H15N3O3/c1-2-12-24-16-11-7-6-8-14(16)13-19-21-18(23)17(22)20-15-9-4-3-5-10-15/h1,3-11,13H,12H2,(H,20,22)(H,21,23)/b19-13-. The number of hydrazone groups is 1. The van der Waals surface area contributed by atoms with Crippen LogP contribution in [-0.2, 0) is 9.59 Å². The molecule has 6 heteroatoms. The second-order valence-electron chi connectivity index (χ2n) is 4.55. The van der Waals surface area contributed by atoms with Crippen LogP contribution in [0.25, 0.3) is 0 Å². The van der Waals surface area contributed by atoms with Gasteiger partial charge in [-0.15, -0.1) is 6.42 Å². The highest BCUT2D eigenvalue weighted by atomic mass is 16.5. The molecule has 0 atom stereocenters. The number of carbonyl (C=O) groups is 2. The number of benzene rings is 2. The van der Waals surface area contributed by atoms with Crippen molar-refractivity contribution in [2.24, 2.45) is 5.10 Å². The van der Waals surface area contributed by atoms with Gasteiger partial charge in [-0.1, -0.05) is 36.3 Å².